The van der Waals surface area contributed by atoms with Crippen LogP contribution in [0.5, 0.6) is 5.75 Å². The van der Waals surface area contributed by atoms with Crippen LogP contribution in [0.2, 0.25) is 0 Å². The smallest absolute Gasteiger partial charge is 0.142 e. The first-order chi connectivity index (χ1) is 9.55. The summed E-state index contributed by atoms with van der Waals surface area (Å²) in [7, 11) is 1.74. The summed E-state index contributed by atoms with van der Waals surface area (Å²) >= 11 is 4.45. The molecule has 3 nitrogen and oxygen atoms in total. The van der Waals surface area contributed by atoms with Gasteiger partial charge in [0.1, 0.15) is 5.75 Å². The van der Waals surface area contributed by atoms with Crippen LogP contribution in [0.1, 0.15) is 13.8 Å². The first kappa shape index (κ1) is 15.5. The van der Waals surface area contributed by atoms with Gasteiger partial charge in [0.2, 0.25) is 0 Å². The Morgan fingerprint density at radius 3 is 2.40 bits per heavy atom. The molecule has 1 aromatic rings. The van der Waals surface area contributed by atoms with Crippen molar-refractivity contribution in [1.29, 1.82) is 0 Å². The van der Waals surface area contributed by atoms with Crippen molar-refractivity contribution in [3.05, 3.63) is 24.3 Å². The maximum atomic E-state index is 5.46. The van der Waals surface area contributed by atoms with Crippen molar-refractivity contribution in [2.45, 2.75) is 13.8 Å². The Morgan fingerprint density at radius 1 is 1.15 bits per heavy atom. The molecule has 20 heavy (non-hydrogen) atoms. The summed E-state index contributed by atoms with van der Waals surface area (Å²) in [4.78, 5) is 4.96. The lowest BCUT2D eigenvalue weighted by Crippen LogP contribution is -2.49. The summed E-state index contributed by atoms with van der Waals surface area (Å²) in [6.45, 7) is 10.0. The zero-order chi connectivity index (χ0) is 14.6. The number of hydrogen-bond acceptors (Lipinski definition) is 4. The number of nitrogens with zero attached hydrogens (tertiary/aromatic N) is 2. The molecular weight excluding hydrogens is 268 g/mol. The van der Waals surface area contributed by atoms with E-state index in [0.29, 0.717) is 0 Å². The van der Waals surface area contributed by atoms with Crippen molar-refractivity contribution in [2.75, 3.05) is 50.5 Å². The van der Waals surface area contributed by atoms with Gasteiger partial charge in [-0.15, -0.1) is 0 Å². The number of thiol groups is 1. The Balaban J connectivity index is 1.94. The topological polar surface area (TPSA) is 15.7 Å². The molecule has 1 aliphatic heterocycles. The minimum Gasteiger partial charge on any atom is -0.495 e. The Morgan fingerprint density at radius 2 is 1.80 bits per heavy atom. The average molecular weight is 294 g/mol. The third-order valence-electron chi connectivity index (χ3n) is 3.88. The number of rotatable bonds is 5. The van der Waals surface area contributed by atoms with Crippen molar-refractivity contribution in [3.63, 3.8) is 0 Å². The van der Waals surface area contributed by atoms with Crippen LogP contribution in [0.15, 0.2) is 24.3 Å². The Bertz CT molecular complexity index is 428. The van der Waals surface area contributed by atoms with Gasteiger partial charge < -0.3 is 9.64 Å². The van der Waals surface area contributed by atoms with Crippen LogP contribution in [0.4, 0.5) is 5.69 Å². The minimum absolute atomic E-state index is 0.287. The van der Waals surface area contributed by atoms with E-state index in [4.69, 9.17) is 4.74 Å². The molecule has 4 heteroatoms. The fourth-order valence-electron chi connectivity index (χ4n) is 2.69. The highest BCUT2D eigenvalue weighted by Gasteiger charge is 2.24. The van der Waals surface area contributed by atoms with Crippen LogP contribution in [0.3, 0.4) is 0 Å². The minimum atomic E-state index is 0.287. The molecule has 0 N–H and O–H groups in total. The van der Waals surface area contributed by atoms with Crippen molar-refractivity contribution in [3.8, 4) is 5.75 Å². The first-order valence-corrected chi connectivity index (χ1v) is 7.90. The van der Waals surface area contributed by atoms with Gasteiger partial charge in [0, 0.05) is 32.7 Å². The van der Waals surface area contributed by atoms with E-state index in [-0.39, 0.29) is 5.41 Å². The number of para-hydroxylation sites is 2. The lowest BCUT2D eigenvalue weighted by molar-refractivity contribution is 0.185. The zero-order valence-electron chi connectivity index (χ0n) is 12.8. The number of methoxy groups -OCH3 is 1. The van der Waals surface area contributed by atoms with Gasteiger partial charge in [0.15, 0.2) is 0 Å². The molecule has 0 radical (unpaired) electrons. The van der Waals surface area contributed by atoms with Crippen LogP contribution < -0.4 is 9.64 Å². The van der Waals surface area contributed by atoms with Gasteiger partial charge in [-0.1, -0.05) is 26.0 Å². The van der Waals surface area contributed by atoms with E-state index in [1.54, 1.807) is 7.11 Å². The molecule has 1 aromatic carbocycles. The monoisotopic (exact) mass is 294 g/mol. The molecule has 1 aliphatic rings. The highest BCUT2D eigenvalue weighted by atomic mass is 32.1. The molecular formula is C16H26N2OS. The quantitative estimate of drug-likeness (QED) is 0.841. The first-order valence-electron chi connectivity index (χ1n) is 7.27. The molecule has 0 unspecified atom stereocenters. The second-order valence-electron chi connectivity index (χ2n) is 6.26. The molecule has 0 aliphatic carbocycles. The van der Waals surface area contributed by atoms with Gasteiger partial charge in [-0.25, -0.2) is 0 Å². The fraction of sp³-hybridized carbons (Fsp3) is 0.625. The van der Waals surface area contributed by atoms with Crippen molar-refractivity contribution in [1.82, 2.24) is 4.90 Å². The van der Waals surface area contributed by atoms with E-state index >= 15 is 0 Å². The van der Waals surface area contributed by atoms with Crippen LogP contribution in [0, 0.1) is 5.41 Å². The SMILES string of the molecule is COc1ccccc1N1CCN(CC(C)(C)CS)CC1. The predicted molar refractivity (Wildman–Crippen MR) is 89.3 cm³/mol. The summed E-state index contributed by atoms with van der Waals surface area (Å²) in [5.41, 5.74) is 1.50. The lowest BCUT2D eigenvalue weighted by Gasteiger charge is -2.39. The van der Waals surface area contributed by atoms with Crippen LogP contribution in [-0.2, 0) is 0 Å². The van der Waals surface area contributed by atoms with Crippen molar-refractivity contribution in [2.24, 2.45) is 5.41 Å². The largest absolute Gasteiger partial charge is 0.495 e. The molecule has 0 atom stereocenters. The fourth-order valence-corrected chi connectivity index (χ4v) is 2.79. The normalized spacial score (nSPS) is 17.3. The van der Waals surface area contributed by atoms with E-state index in [1.807, 2.05) is 12.1 Å². The number of benzene rings is 1. The molecule has 0 saturated carbocycles. The molecule has 1 heterocycles. The lowest BCUT2D eigenvalue weighted by atomic mass is 9.95. The van der Waals surface area contributed by atoms with Gasteiger partial charge in [0.05, 0.1) is 12.8 Å². The summed E-state index contributed by atoms with van der Waals surface area (Å²) in [6.07, 6.45) is 0. The highest BCUT2D eigenvalue weighted by molar-refractivity contribution is 7.80. The number of hydrogen-bond donors (Lipinski definition) is 1. The third-order valence-corrected chi connectivity index (χ3v) is 4.73. The molecule has 1 fully saturated rings. The maximum absolute atomic E-state index is 5.46. The summed E-state index contributed by atoms with van der Waals surface area (Å²) in [5.74, 6) is 1.90. The van der Waals surface area contributed by atoms with Crippen LogP contribution >= 0.6 is 12.6 Å². The van der Waals surface area contributed by atoms with E-state index < -0.39 is 0 Å². The van der Waals surface area contributed by atoms with Gasteiger partial charge in [-0.05, 0) is 23.3 Å². The van der Waals surface area contributed by atoms with E-state index in [0.717, 1.165) is 44.2 Å². The molecule has 0 aromatic heterocycles. The van der Waals surface area contributed by atoms with Crippen molar-refractivity contribution < 1.29 is 4.74 Å². The third kappa shape index (κ3) is 3.83. The second kappa shape index (κ2) is 6.72. The van der Waals surface area contributed by atoms with Gasteiger partial charge in [-0.3, -0.25) is 4.90 Å². The van der Waals surface area contributed by atoms with Crippen LogP contribution in [-0.4, -0.2) is 50.5 Å². The molecule has 2 rings (SSSR count). The predicted octanol–water partition coefficient (Wildman–Crippen LogP) is 2.77. The molecule has 0 amide bonds. The van der Waals surface area contributed by atoms with E-state index in [9.17, 15) is 0 Å². The van der Waals surface area contributed by atoms with Gasteiger partial charge >= 0.3 is 0 Å². The summed E-state index contributed by atoms with van der Waals surface area (Å²) in [5, 5.41) is 0. The molecule has 1 saturated heterocycles. The van der Waals surface area contributed by atoms with Crippen LogP contribution in [0.25, 0.3) is 0 Å². The zero-order valence-corrected chi connectivity index (χ0v) is 13.7. The Hall–Kier alpha value is -0.870. The van der Waals surface area contributed by atoms with E-state index in [1.165, 1.54) is 5.69 Å². The van der Waals surface area contributed by atoms with Gasteiger partial charge in [0.25, 0.3) is 0 Å². The van der Waals surface area contributed by atoms with Crippen molar-refractivity contribution >= 4 is 18.3 Å². The molecule has 0 spiro atoms. The second-order valence-corrected chi connectivity index (χ2v) is 6.57. The molecule has 112 valence electrons. The number of piperazine rings is 1. The number of anilines is 1. The average Bonchev–Trinajstić information content (AvgIpc) is 2.48. The summed E-state index contributed by atoms with van der Waals surface area (Å²) < 4.78 is 5.46. The van der Waals surface area contributed by atoms with Gasteiger partial charge in [-0.2, -0.15) is 12.6 Å². The molecule has 0 bridgehead atoms. The summed E-state index contributed by atoms with van der Waals surface area (Å²) in [6, 6.07) is 8.28. The Labute approximate surface area is 128 Å². The standard InChI is InChI=1S/C16H26N2OS/c1-16(2,13-20)12-17-8-10-18(11-9-17)14-6-4-5-7-15(14)19-3/h4-7,20H,8-13H2,1-3H3. The number of ether oxygens (including phenoxy) is 1. The highest BCUT2D eigenvalue weighted by Crippen LogP contribution is 2.29. The maximum Gasteiger partial charge on any atom is 0.142 e. The Kier molecular flexibility index (Phi) is 5.22. The van der Waals surface area contributed by atoms with E-state index in [2.05, 4.69) is 48.4 Å².